The molecule has 0 amide bonds. The Morgan fingerprint density at radius 2 is 1.59 bits per heavy atom. The fourth-order valence-corrected chi connectivity index (χ4v) is 2.00. The number of esters is 1. The van der Waals surface area contributed by atoms with Crippen LogP contribution in [0.5, 0.6) is 17.2 Å². The molecule has 0 radical (unpaired) electrons. The summed E-state index contributed by atoms with van der Waals surface area (Å²) in [7, 11) is 8.35. The molecule has 0 aromatic heterocycles. The molecule has 0 bridgehead atoms. The summed E-state index contributed by atoms with van der Waals surface area (Å²) in [6.07, 6.45) is -0.216. The lowest BCUT2D eigenvalue weighted by molar-refractivity contribution is 0.0288. The fourth-order valence-electron chi connectivity index (χ4n) is 2.00. The van der Waals surface area contributed by atoms with E-state index >= 15 is 0 Å². The lowest BCUT2D eigenvalue weighted by atomic mass is 10.2. The maximum absolute atomic E-state index is 12.2. The number of halogens is 1. The van der Waals surface area contributed by atoms with E-state index in [-0.39, 0.29) is 18.5 Å². The van der Waals surface area contributed by atoms with Crippen LogP contribution in [0.4, 0.5) is 0 Å². The molecule has 0 saturated carbocycles. The van der Waals surface area contributed by atoms with Gasteiger partial charge in [0.1, 0.15) is 6.10 Å². The minimum absolute atomic E-state index is 0. The number of carbonyl (C=O) groups excluding carboxylic acids is 1. The summed E-state index contributed by atoms with van der Waals surface area (Å²) in [5.41, 5.74) is 0.357. The number of ether oxygens (including phenoxy) is 4. The number of benzene rings is 1. The molecule has 0 aliphatic rings. The van der Waals surface area contributed by atoms with E-state index in [0.717, 1.165) is 0 Å². The highest BCUT2D eigenvalue weighted by atomic mass is 35.5. The molecule has 0 aliphatic carbocycles. The number of likely N-dealkylation sites (N-methyl/N-ethyl adjacent to an activating group) is 1. The van der Waals surface area contributed by atoms with E-state index in [1.807, 2.05) is 25.9 Å². The largest absolute Gasteiger partial charge is 0.493 e. The van der Waals surface area contributed by atoms with Crippen LogP contribution in [0.25, 0.3) is 0 Å². The molecule has 1 unspecified atom stereocenters. The summed E-state index contributed by atoms with van der Waals surface area (Å²) in [6, 6.07) is 3.15. The summed E-state index contributed by atoms with van der Waals surface area (Å²) < 4.78 is 21.0. The number of hydrogen-bond acceptors (Lipinski definition) is 6. The molecule has 0 aliphatic heterocycles. The molecule has 7 heteroatoms. The van der Waals surface area contributed by atoms with Gasteiger partial charge in [0.05, 0.1) is 26.9 Å². The van der Waals surface area contributed by atoms with Crippen LogP contribution in [0.1, 0.15) is 17.3 Å². The van der Waals surface area contributed by atoms with Crippen molar-refractivity contribution in [2.75, 3.05) is 42.0 Å². The van der Waals surface area contributed by atoms with Crippen molar-refractivity contribution in [3.05, 3.63) is 17.7 Å². The van der Waals surface area contributed by atoms with Gasteiger partial charge in [-0.2, -0.15) is 0 Å². The Balaban J connectivity index is 0.00000441. The van der Waals surface area contributed by atoms with E-state index < -0.39 is 5.97 Å². The minimum atomic E-state index is -0.427. The molecule has 1 aromatic rings. The van der Waals surface area contributed by atoms with Gasteiger partial charge in [0.25, 0.3) is 0 Å². The van der Waals surface area contributed by atoms with Crippen molar-refractivity contribution >= 4 is 18.4 Å². The second-order valence-electron chi connectivity index (χ2n) is 4.89. The molecule has 6 nitrogen and oxygen atoms in total. The third kappa shape index (κ3) is 5.27. The van der Waals surface area contributed by atoms with Crippen molar-refractivity contribution < 1.29 is 23.7 Å². The van der Waals surface area contributed by atoms with Gasteiger partial charge in [-0.15, -0.1) is 12.4 Å². The Kier molecular flexibility index (Phi) is 8.67. The molecular formula is C15H24ClNO5. The second-order valence-corrected chi connectivity index (χ2v) is 4.89. The van der Waals surface area contributed by atoms with Crippen LogP contribution in [0.15, 0.2) is 12.1 Å². The number of methoxy groups -OCH3 is 3. The summed E-state index contributed by atoms with van der Waals surface area (Å²) in [6.45, 7) is 2.49. The maximum atomic E-state index is 12.2. The van der Waals surface area contributed by atoms with Gasteiger partial charge < -0.3 is 23.8 Å². The Morgan fingerprint density at radius 1 is 1.09 bits per heavy atom. The van der Waals surface area contributed by atoms with Crippen molar-refractivity contribution in [2.45, 2.75) is 13.0 Å². The average molecular weight is 334 g/mol. The molecule has 1 atom stereocenters. The predicted octanol–water partition coefficient (Wildman–Crippen LogP) is 2.24. The first-order chi connectivity index (χ1) is 9.92. The lowest BCUT2D eigenvalue weighted by Gasteiger charge is -2.18. The zero-order valence-corrected chi connectivity index (χ0v) is 14.7. The van der Waals surface area contributed by atoms with Crippen molar-refractivity contribution in [3.63, 3.8) is 0 Å². The Labute approximate surface area is 137 Å². The van der Waals surface area contributed by atoms with Gasteiger partial charge in [-0.05, 0) is 33.2 Å². The van der Waals surface area contributed by atoms with Gasteiger partial charge >= 0.3 is 5.97 Å². The molecule has 0 heterocycles. The van der Waals surface area contributed by atoms with Crippen molar-refractivity contribution in [1.29, 1.82) is 0 Å². The van der Waals surface area contributed by atoms with Gasteiger partial charge in [0, 0.05) is 6.54 Å². The fraction of sp³-hybridized carbons (Fsp3) is 0.533. The van der Waals surface area contributed by atoms with E-state index in [1.165, 1.54) is 21.3 Å². The summed E-state index contributed by atoms with van der Waals surface area (Å²) in [5.74, 6) is 0.856. The normalized spacial score (nSPS) is 11.4. The number of nitrogens with zero attached hydrogens (tertiary/aromatic N) is 1. The van der Waals surface area contributed by atoms with Gasteiger partial charge in [0.2, 0.25) is 5.75 Å². The molecule has 126 valence electrons. The van der Waals surface area contributed by atoms with Crippen LogP contribution in [0.3, 0.4) is 0 Å². The highest BCUT2D eigenvalue weighted by Gasteiger charge is 2.19. The van der Waals surface area contributed by atoms with Gasteiger partial charge in [-0.1, -0.05) is 0 Å². The molecule has 0 N–H and O–H groups in total. The molecule has 0 fully saturated rings. The first kappa shape index (κ1) is 20.3. The van der Waals surface area contributed by atoms with Crippen LogP contribution in [0, 0.1) is 0 Å². The molecule has 0 spiro atoms. The number of hydrogen-bond donors (Lipinski definition) is 0. The van der Waals surface area contributed by atoms with E-state index in [2.05, 4.69) is 0 Å². The van der Waals surface area contributed by atoms with Crippen molar-refractivity contribution in [1.82, 2.24) is 4.90 Å². The molecule has 22 heavy (non-hydrogen) atoms. The third-order valence-electron chi connectivity index (χ3n) is 2.83. The van der Waals surface area contributed by atoms with E-state index in [4.69, 9.17) is 18.9 Å². The highest BCUT2D eigenvalue weighted by Crippen LogP contribution is 2.38. The van der Waals surface area contributed by atoms with Crippen LogP contribution in [-0.4, -0.2) is 58.9 Å². The topological polar surface area (TPSA) is 57.2 Å². The Morgan fingerprint density at radius 3 is 1.95 bits per heavy atom. The SMILES string of the molecule is COc1cc(C(=O)OC(C)CN(C)C)cc(OC)c1OC.Cl. The third-order valence-corrected chi connectivity index (χ3v) is 2.83. The van der Waals surface area contributed by atoms with Crippen LogP contribution < -0.4 is 14.2 Å². The quantitative estimate of drug-likeness (QED) is 0.713. The summed E-state index contributed by atoms with van der Waals surface area (Å²) >= 11 is 0. The smallest absolute Gasteiger partial charge is 0.338 e. The van der Waals surface area contributed by atoms with Crippen molar-refractivity contribution in [2.24, 2.45) is 0 Å². The highest BCUT2D eigenvalue weighted by molar-refractivity contribution is 5.91. The van der Waals surface area contributed by atoms with Gasteiger partial charge in [-0.3, -0.25) is 0 Å². The molecule has 0 saturated heterocycles. The first-order valence-electron chi connectivity index (χ1n) is 6.58. The lowest BCUT2D eigenvalue weighted by Crippen LogP contribution is -2.28. The molecule has 1 rings (SSSR count). The van der Waals surface area contributed by atoms with E-state index in [0.29, 0.717) is 29.4 Å². The average Bonchev–Trinajstić information content (AvgIpc) is 2.44. The minimum Gasteiger partial charge on any atom is -0.493 e. The van der Waals surface area contributed by atoms with Crippen molar-refractivity contribution in [3.8, 4) is 17.2 Å². The zero-order chi connectivity index (χ0) is 16.0. The summed E-state index contributed by atoms with van der Waals surface area (Å²) in [5, 5.41) is 0. The Hall–Kier alpha value is -1.66. The standard InChI is InChI=1S/C15H23NO5.ClH/c1-10(9-16(2)3)21-15(17)11-7-12(18-4)14(20-6)13(8-11)19-5;/h7-8,10H,9H2,1-6H3;1H. The number of rotatable bonds is 7. The monoisotopic (exact) mass is 333 g/mol. The zero-order valence-electron chi connectivity index (χ0n) is 13.8. The van der Waals surface area contributed by atoms with Gasteiger partial charge in [0.15, 0.2) is 11.5 Å². The first-order valence-corrected chi connectivity index (χ1v) is 6.58. The van der Waals surface area contributed by atoms with Crippen LogP contribution in [-0.2, 0) is 4.74 Å². The molecule has 1 aromatic carbocycles. The second kappa shape index (κ2) is 9.38. The van der Waals surface area contributed by atoms with E-state index in [1.54, 1.807) is 12.1 Å². The van der Waals surface area contributed by atoms with Gasteiger partial charge in [-0.25, -0.2) is 4.79 Å². The van der Waals surface area contributed by atoms with E-state index in [9.17, 15) is 4.79 Å². The summed E-state index contributed by atoms with van der Waals surface area (Å²) in [4.78, 5) is 14.1. The number of carbonyl (C=O) groups is 1. The predicted molar refractivity (Wildman–Crippen MR) is 86.8 cm³/mol. The van der Waals surface area contributed by atoms with Crippen LogP contribution >= 0.6 is 12.4 Å². The van der Waals surface area contributed by atoms with Crippen LogP contribution in [0.2, 0.25) is 0 Å². The molecular weight excluding hydrogens is 310 g/mol. The Bertz CT molecular complexity index is 468. The maximum Gasteiger partial charge on any atom is 0.338 e.